The largest absolute Gasteiger partial charge is 0.397 e. The predicted molar refractivity (Wildman–Crippen MR) is 433 cm³/mol. The van der Waals surface area contributed by atoms with E-state index in [0.29, 0.717) is 35.4 Å². The van der Waals surface area contributed by atoms with Crippen molar-refractivity contribution in [3.8, 4) is 90.6 Å². The number of imidazole rings is 4. The summed E-state index contributed by atoms with van der Waals surface area (Å²) in [4.78, 5) is 77.1. The first-order valence-corrected chi connectivity index (χ1v) is 33.4. The number of anilines is 2. The summed E-state index contributed by atoms with van der Waals surface area (Å²) < 4.78 is 0. The standard InChI is InChI=1S/C23H21N7O.C19H14N6.C18H13N7.C18H12N6.4CH4/c1-13(2)7-21(31)26-16-8-15(10-25-11-16)14-3-4-18-17(9-14)22(30-29-18)23-27-19-5-6-24-12-20(19)28-23;1-11-4-6-20-9-14(11)12-2-3-15-13(8-12)18(25-24-15)19-22-16-5-7-21-10-17(16)23-19;19-12-5-11(7-21-8-12)10-1-2-14-13(6-10)17(25-24-14)18-22-15-3-4-20-9-16(15)23-18;1-2-12(9-19-6-1)11-3-4-14-13(8-11)17(24-23-14)18-21-15-5-7-20-10-16(15)22-18;;;;/h3-6,8-13H,7H2,1-2H3,(H,26,31)(H,27,28)(H,29,30);2-10H,1H3,(H,22,23)(H,24,25);1-9H,19H2,(H,22,23)(H,24,25);1-10H,(H,21,22)(H,23,24);4*1H4. The Morgan fingerprint density at radius 3 is 1.13 bits per heavy atom. The number of rotatable bonds is 11. The van der Waals surface area contributed by atoms with Crippen molar-refractivity contribution in [2.45, 2.75) is 56.9 Å². The van der Waals surface area contributed by atoms with Crippen molar-refractivity contribution in [2.75, 3.05) is 11.1 Å². The number of aryl methyl sites for hydroxylation is 1. The van der Waals surface area contributed by atoms with Crippen molar-refractivity contribution in [2.24, 2.45) is 5.92 Å². The molecule has 16 heterocycles. The summed E-state index contributed by atoms with van der Waals surface area (Å²) in [5.41, 5.74) is 30.5. The van der Waals surface area contributed by atoms with Crippen LogP contribution in [0, 0.1) is 12.8 Å². The van der Waals surface area contributed by atoms with Gasteiger partial charge in [-0.2, -0.15) is 20.4 Å². The second-order valence-electron chi connectivity index (χ2n) is 25.3. The molecule has 540 valence electrons. The van der Waals surface area contributed by atoms with E-state index in [1.54, 1.807) is 80.6 Å². The molecule has 1 amide bonds. The number of nitrogens with two attached hydrogens (primary N) is 1. The highest BCUT2D eigenvalue weighted by Gasteiger charge is 2.20. The zero-order valence-corrected chi connectivity index (χ0v) is 56.3. The van der Waals surface area contributed by atoms with Gasteiger partial charge in [0, 0.05) is 118 Å². The maximum absolute atomic E-state index is 12.1. The first-order chi connectivity index (χ1) is 51.5. The monoisotopic (exact) mass is 1440 g/mol. The number of pyridine rings is 8. The van der Waals surface area contributed by atoms with Gasteiger partial charge in [0.05, 0.1) is 109 Å². The number of hydrogen-bond donors (Lipinski definition) is 10. The molecule has 11 N–H and O–H groups in total. The molecule has 109 heavy (non-hydrogen) atoms. The Labute approximate surface area is 623 Å². The highest BCUT2D eigenvalue weighted by molar-refractivity contribution is 6.00. The molecular weight excluding hydrogens is 1370 g/mol. The fourth-order valence-electron chi connectivity index (χ4n) is 12.5. The van der Waals surface area contributed by atoms with Gasteiger partial charge in [0.25, 0.3) is 0 Å². The van der Waals surface area contributed by atoms with Gasteiger partial charge in [-0.05, 0) is 138 Å². The molecular formula is C82H76N26O. The van der Waals surface area contributed by atoms with Crippen LogP contribution in [-0.4, -0.2) is 126 Å². The maximum atomic E-state index is 12.1. The molecule has 20 aromatic rings. The number of aromatic nitrogens is 24. The molecule has 0 spiro atoms. The lowest BCUT2D eigenvalue weighted by atomic mass is 10.0. The third kappa shape index (κ3) is 14.9. The second kappa shape index (κ2) is 31.2. The maximum Gasteiger partial charge on any atom is 0.224 e. The van der Waals surface area contributed by atoms with Crippen molar-refractivity contribution in [1.29, 1.82) is 0 Å². The molecule has 0 atom stereocenters. The van der Waals surface area contributed by atoms with Crippen molar-refractivity contribution in [1.82, 2.24) is 121 Å². The van der Waals surface area contributed by atoms with Gasteiger partial charge in [-0.25, -0.2) is 19.9 Å². The number of nitrogens with zero attached hydrogens (tertiary/aromatic N) is 16. The molecule has 0 fully saturated rings. The van der Waals surface area contributed by atoms with E-state index < -0.39 is 0 Å². The fraction of sp³-hybridized carbons (Fsp3) is 0.110. The van der Waals surface area contributed by atoms with Gasteiger partial charge in [-0.15, -0.1) is 0 Å². The van der Waals surface area contributed by atoms with Crippen molar-refractivity contribution in [3.63, 3.8) is 0 Å². The van der Waals surface area contributed by atoms with E-state index in [2.05, 4.69) is 169 Å². The van der Waals surface area contributed by atoms with Gasteiger partial charge in [0.15, 0.2) is 23.3 Å². The number of hydrogen-bond acceptors (Lipinski definition) is 18. The second-order valence-corrected chi connectivity index (χ2v) is 25.3. The average Bonchev–Trinajstić information content (AvgIpc) is 1.65. The number of H-pyrrole nitrogens is 8. The number of nitrogens with one attached hydrogen (secondary N) is 9. The van der Waals surface area contributed by atoms with Crippen LogP contribution in [0.15, 0.2) is 227 Å². The fourth-order valence-corrected chi connectivity index (χ4v) is 12.5. The molecule has 0 aliphatic rings. The Morgan fingerprint density at radius 1 is 0.367 bits per heavy atom. The molecule has 20 rings (SSSR count). The van der Waals surface area contributed by atoms with Crippen LogP contribution >= 0.6 is 0 Å². The number of amides is 1. The Hall–Kier alpha value is -14.9. The summed E-state index contributed by atoms with van der Waals surface area (Å²) in [6.45, 7) is 6.12. The van der Waals surface area contributed by atoms with Crippen molar-refractivity contribution < 1.29 is 4.79 Å². The topological polar surface area (TPSA) is 388 Å². The summed E-state index contributed by atoms with van der Waals surface area (Å²) >= 11 is 0. The SMILES string of the molecule is C.C.C.C.CC(C)CC(=O)Nc1cncc(-c2ccc3[nH]nc(-c4nc5ccncc5[nH]4)c3c2)c1.Cc1ccncc1-c1ccc2[nH]nc(-c3nc4ccncc4[nH]3)c2c1.Nc1cncc(-c2ccc3[nH]nc(-c4nc5ccncc5[nH]4)c3c2)c1.c1cncc(-c2ccc3[nH]nc(-c4nc5ccncc5[nH]4)c3c2)c1. The first kappa shape index (κ1) is 72.5. The number of benzene rings is 4. The number of carbonyl (C=O) groups excluding carboxylic acids is 1. The quantitative estimate of drug-likeness (QED) is 0.0575. The summed E-state index contributed by atoms with van der Waals surface area (Å²) in [6.07, 6.45) is 28.6. The molecule has 0 aliphatic carbocycles. The van der Waals surface area contributed by atoms with Crippen LogP contribution in [0.4, 0.5) is 11.4 Å². The van der Waals surface area contributed by atoms with E-state index >= 15 is 0 Å². The minimum atomic E-state index is -0.0131. The highest BCUT2D eigenvalue weighted by atomic mass is 16.1. The van der Waals surface area contributed by atoms with E-state index in [4.69, 9.17) is 5.73 Å². The molecule has 0 unspecified atom stereocenters. The van der Waals surface area contributed by atoms with Gasteiger partial charge >= 0.3 is 0 Å². The Balaban J connectivity index is 0.000000127. The summed E-state index contributed by atoms with van der Waals surface area (Å²) in [5, 5.41) is 37.0. The molecule has 0 aliphatic heterocycles. The van der Waals surface area contributed by atoms with Crippen LogP contribution in [0.2, 0.25) is 0 Å². The minimum absolute atomic E-state index is 0. The molecule has 27 heteroatoms. The van der Waals surface area contributed by atoms with Crippen LogP contribution in [0.1, 0.15) is 55.5 Å². The molecule has 4 aromatic carbocycles. The van der Waals surface area contributed by atoms with Gasteiger partial charge in [-0.3, -0.25) is 65.1 Å². The van der Waals surface area contributed by atoms with Crippen LogP contribution in [0.5, 0.6) is 0 Å². The van der Waals surface area contributed by atoms with Crippen molar-refractivity contribution in [3.05, 3.63) is 232 Å². The number of fused-ring (bicyclic) bond motifs is 8. The zero-order valence-electron chi connectivity index (χ0n) is 56.3. The van der Waals surface area contributed by atoms with Crippen LogP contribution in [0.3, 0.4) is 0 Å². The zero-order chi connectivity index (χ0) is 70.9. The number of aromatic amines is 8. The molecule has 0 radical (unpaired) electrons. The highest BCUT2D eigenvalue weighted by Crippen LogP contribution is 2.36. The lowest BCUT2D eigenvalue weighted by molar-refractivity contribution is -0.116. The normalized spacial score (nSPS) is 11.0. The molecule has 16 aromatic heterocycles. The summed E-state index contributed by atoms with van der Waals surface area (Å²) in [5.74, 6) is 3.13. The molecule has 0 bridgehead atoms. The van der Waals surface area contributed by atoms with Gasteiger partial charge in [0.1, 0.15) is 22.8 Å². The Morgan fingerprint density at radius 2 is 0.734 bits per heavy atom. The van der Waals surface area contributed by atoms with Crippen LogP contribution in [0.25, 0.3) is 178 Å². The summed E-state index contributed by atoms with van der Waals surface area (Å²) in [6, 6.07) is 41.9. The first-order valence-electron chi connectivity index (χ1n) is 33.4. The minimum Gasteiger partial charge on any atom is -0.397 e. The molecule has 0 saturated carbocycles. The number of carbonyl (C=O) groups is 1. The van der Waals surface area contributed by atoms with Crippen LogP contribution < -0.4 is 11.1 Å². The lowest BCUT2D eigenvalue weighted by Crippen LogP contribution is -2.13. The van der Waals surface area contributed by atoms with Gasteiger partial charge in [0.2, 0.25) is 5.91 Å². The third-order valence-electron chi connectivity index (χ3n) is 17.7. The third-order valence-corrected chi connectivity index (χ3v) is 17.7. The van der Waals surface area contributed by atoms with Crippen molar-refractivity contribution >= 4 is 105 Å². The van der Waals surface area contributed by atoms with E-state index in [-0.39, 0.29) is 35.6 Å². The van der Waals surface area contributed by atoms with Crippen LogP contribution in [-0.2, 0) is 4.79 Å². The van der Waals surface area contributed by atoms with E-state index in [9.17, 15) is 4.79 Å². The van der Waals surface area contributed by atoms with E-state index in [1.807, 2.05) is 123 Å². The number of nitrogen functional groups attached to an aromatic ring is 1. The van der Waals surface area contributed by atoms with Gasteiger partial charge in [-0.1, -0.05) is 73.9 Å². The lowest BCUT2D eigenvalue weighted by Gasteiger charge is -2.09. The average molecular weight is 1440 g/mol. The molecule has 27 nitrogen and oxygen atoms in total. The van der Waals surface area contributed by atoms with Gasteiger partial charge < -0.3 is 31.0 Å². The predicted octanol–water partition coefficient (Wildman–Crippen LogP) is 17.7. The Kier molecular flexibility index (Phi) is 20.7. The van der Waals surface area contributed by atoms with E-state index in [0.717, 1.165) is 167 Å². The molecule has 0 saturated heterocycles. The summed E-state index contributed by atoms with van der Waals surface area (Å²) in [7, 11) is 0. The van der Waals surface area contributed by atoms with E-state index in [1.165, 1.54) is 5.56 Å². The Bertz CT molecular complexity index is 6440. The smallest absolute Gasteiger partial charge is 0.224 e.